The van der Waals surface area contributed by atoms with E-state index in [4.69, 9.17) is 5.73 Å². The lowest BCUT2D eigenvalue weighted by Crippen LogP contribution is -2.41. The SMILES string of the molecule is CCC(N)CCN1CCC(CC)(CC)CC1. The predicted octanol–water partition coefficient (Wildman–Crippen LogP) is 3.02. The molecular formula is C14H30N2. The highest BCUT2D eigenvalue weighted by molar-refractivity contribution is 4.84. The Morgan fingerprint density at radius 3 is 2.12 bits per heavy atom. The lowest BCUT2D eigenvalue weighted by Gasteiger charge is -2.41. The maximum Gasteiger partial charge on any atom is 0.00483 e. The summed E-state index contributed by atoms with van der Waals surface area (Å²) in [4.78, 5) is 2.61. The zero-order chi connectivity index (χ0) is 12.0. The molecule has 1 heterocycles. The summed E-state index contributed by atoms with van der Waals surface area (Å²) in [5.41, 5.74) is 6.63. The fourth-order valence-corrected chi connectivity index (χ4v) is 2.76. The number of likely N-dealkylation sites (tertiary alicyclic amines) is 1. The molecule has 2 N–H and O–H groups in total. The Labute approximate surface area is 102 Å². The van der Waals surface area contributed by atoms with E-state index in [1.165, 1.54) is 51.7 Å². The molecule has 0 aromatic rings. The Morgan fingerprint density at radius 2 is 1.69 bits per heavy atom. The highest BCUT2D eigenvalue weighted by atomic mass is 15.1. The molecule has 2 nitrogen and oxygen atoms in total. The molecule has 0 aromatic heterocycles. The summed E-state index contributed by atoms with van der Waals surface area (Å²) in [7, 11) is 0. The second-order valence-electron chi connectivity index (χ2n) is 5.51. The molecule has 1 saturated heterocycles. The summed E-state index contributed by atoms with van der Waals surface area (Å²) in [5, 5.41) is 0. The third-order valence-corrected chi connectivity index (χ3v) is 4.76. The lowest BCUT2D eigenvalue weighted by atomic mass is 9.74. The van der Waals surface area contributed by atoms with Gasteiger partial charge in [0.15, 0.2) is 0 Å². The molecule has 16 heavy (non-hydrogen) atoms. The average molecular weight is 226 g/mol. The van der Waals surface area contributed by atoms with Gasteiger partial charge < -0.3 is 10.6 Å². The van der Waals surface area contributed by atoms with E-state index in [0.717, 1.165) is 6.42 Å². The van der Waals surface area contributed by atoms with E-state index in [2.05, 4.69) is 25.7 Å². The van der Waals surface area contributed by atoms with Crippen molar-refractivity contribution < 1.29 is 0 Å². The van der Waals surface area contributed by atoms with Gasteiger partial charge in [-0.1, -0.05) is 33.6 Å². The summed E-state index contributed by atoms with van der Waals surface area (Å²) in [5.74, 6) is 0. The van der Waals surface area contributed by atoms with E-state index in [1.54, 1.807) is 0 Å². The minimum Gasteiger partial charge on any atom is -0.328 e. The molecule has 1 rings (SSSR count). The van der Waals surface area contributed by atoms with Crippen molar-refractivity contribution in [2.75, 3.05) is 19.6 Å². The van der Waals surface area contributed by atoms with Gasteiger partial charge in [-0.25, -0.2) is 0 Å². The third-order valence-electron chi connectivity index (χ3n) is 4.76. The van der Waals surface area contributed by atoms with Crippen molar-refractivity contribution in [3.8, 4) is 0 Å². The normalized spacial score (nSPS) is 23.2. The fourth-order valence-electron chi connectivity index (χ4n) is 2.76. The van der Waals surface area contributed by atoms with E-state index in [-0.39, 0.29) is 0 Å². The molecule has 0 saturated carbocycles. The molecule has 96 valence electrons. The molecule has 1 atom stereocenters. The second-order valence-corrected chi connectivity index (χ2v) is 5.51. The fraction of sp³-hybridized carbons (Fsp3) is 1.00. The van der Waals surface area contributed by atoms with Crippen LogP contribution in [0.4, 0.5) is 0 Å². The predicted molar refractivity (Wildman–Crippen MR) is 71.6 cm³/mol. The number of nitrogens with two attached hydrogens (primary N) is 1. The topological polar surface area (TPSA) is 29.3 Å². The van der Waals surface area contributed by atoms with Crippen LogP contribution in [0.3, 0.4) is 0 Å². The first kappa shape index (κ1) is 14.0. The number of piperidine rings is 1. The maximum absolute atomic E-state index is 5.97. The van der Waals surface area contributed by atoms with Crippen molar-refractivity contribution in [1.82, 2.24) is 4.90 Å². The summed E-state index contributed by atoms with van der Waals surface area (Å²) in [6.07, 6.45) is 7.77. The van der Waals surface area contributed by atoms with Gasteiger partial charge in [0, 0.05) is 6.04 Å². The quantitative estimate of drug-likeness (QED) is 0.754. The number of hydrogen-bond acceptors (Lipinski definition) is 2. The van der Waals surface area contributed by atoms with Gasteiger partial charge in [-0.15, -0.1) is 0 Å². The van der Waals surface area contributed by atoms with Crippen LogP contribution in [0, 0.1) is 5.41 Å². The first-order chi connectivity index (χ1) is 7.65. The van der Waals surface area contributed by atoms with Gasteiger partial charge in [-0.05, 0) is 50.7 Å². The molecule has 1 aliphatic heterocycles. The molecule has 1 aliphatic rings. The zero-order valence-corrected chi connectivity index (χ0v) is 11.5. The van der Waals surface area contributed by atoms with Gasteiger partial charge in [0.05, 0.1) is 0 Å². The highest BCUT2D eigenvalue weighted by Crippen LogP contribution is 2.37. The molecule has 0 bridgehead atoms. The number of hydrogen-bond donors (Lipinski definition) is 1. The molecule has 0 amide bonds. The van der Waals surface area contributed by atoms with Gasteiger partial charge in [0.25, 0.3) is 0 Å². The molecular weight excluding hydrogens is 196 g/mol. The van der Waals surface area contributed by atoms with Gasteiger partial charge in [0.1, 0.15) is 0 Å². The van der Waals surface area contributed by atoms with Crippen LogP contribution in [0.15, 0.2) is 0 Å². The molecule has 2 heteroatoms. The van der Waals surface area contributed by atoms with Crippen LogP contribution in [0.25, 0.3) is 0 Å². The summed E-state index contributed by atoms with van der Waals surface area (Å²) in [6, 6.07) is 0.407. The van der Waals surface area contributed by atoms with Crippen LogP contribution in [-0.4, -0.2) is 30.6 Å². The molecule has 0 radical (unpaired) electrons. The first-order valence-corrected chi connectivity index (χ1v) is 7.13. The third kappa shape index (κ3) is 3.74. The van der Waals surface area contributed by atoms with E-state index >= 15 is 0 Å². The van der Waals surface area contributed by atoms with Crippen LogP contribution in [0.5, 0.6) is 0 Å². The smallest absolute Gasteiger partial charge is 0.00483 e. The van der Waals surface area contributed by atoms with E-state index in [1.807, 2.05) is 0 Å². The lowest BCUT2D eigenvalue weighted by molar-refractivity contribution is 0.0934. The number of rotatable bonds is 6. The highest BCUT2D eigenvalue weighted by Gasteiger charge is 2.30. The second kappa shape index (κ2) is 6.61. The van der Waals surface area contributed by atoms with Gasteiger partial charge in [0.2, 0.25) is 0 Å². The van der Waals surface area contributed by atoms with Crippen LogP contribution in [0.1, 0.15) is 59.3 Å². The van der Waals surface area contributed by atoms with Crippen molar-refractivity contribution in [2.24, 2.45) is 11.1 Å². The molecule has 0 spiro atoms. The van der Waals surface area contributed by atoms with Gasteiger partial charge in [-0.2, -0.15) is 0 Å². The van der Waals surface area contributed by atoms with Crippen LogP contribution in [-0.2, 0) is 0 Å². The maximum atomic E-state index is 5.97. The minimum absolute atomic E-state index is 0.407. The Balaban J connectivity index is 2.26. The largest absolute Gasteiger partial charge is 0.328 e. The average Bonchev–Trinajstić information content (AvgIpc) is 2.36. The van der Waals surface area contributed by atoms with E-state index in [9.17, 15) is 0 Å². The Kier molecular flexibility index (Phi) is 5.77. The van der Waals surface area contributed by atoms with Gasteiger partial charge >= 0.3 is 0 Å². The Morgan fingerprint density at radius 1 is 1.12 bits per heavy atom. The summed E-state index contributed by atoms with van der Waals surface area (Å²) >= 11 is 0. The molecule has 0 aromatic carbocycles. The van der Waals surface area contributed by atoms with Crippen LogP contribution in [0.2, 0.25) is 0 Å². The summed E-state index contributed by atoms with van der Waals surface area (Å²) < 4.78 is 0. The van der Waals surface area contributed by atoms with Crippen molar-refractivity contribution in [3.63, 3.8) is 0 Å². The van der Waals surface area contributed by atoms with Crippen LogP contribution >= 0.6 is 0 Å². The Hall–Kier alpha value is -0.0800. The zero-order valence-electron chi connectivity index (χ0n) is 11.5. The minimum atomic E-state index is 0.407. The monoisotopic (exact) mass is 226 g/mol. The summed E-state index contributed by atoms with van der Waals surface area (Å²) in [6.45, 7) is 10.7. The van der Waals surface area contributed by atoms with Crippen molar-refractivity contribution in [2.45, 2.75) is 65.3 Å². The molecule has 1 unspecified atom stereocenters. The van der Waals surface area contributed by atoms with E-state index in [0.29, 0.717) is 11.5 Å². The molecule has 0 aliphatic carbocycles. The number of nitrogens with zero attached hydrogens (tertiary/aromatic N) is 1. The van der Waals surface area contributed by atoms with Crippen molar-refractivity contribution in [3.05, 3.63) is 0 Å². The first-order valence-electron chi connectivity index (χ1n) is 7.13. The van der Waals surface area contributed by atoms with Crippen molar-refractivity contribution in [1.29, 1.82) is 0 Å². The van der Waals surface area contributed by atoms with E-state index < -0.39 is 0 Å². The van der Waals surface area contributed by atoms with Gasteiger partial charge in [-0.3, -0.25) is 0 Å². The van der Waals surface area contributed by atoms with Crippen molar-refractivity contribution >= 4 is 0 Å². The standard InChI is InChI=1S/C14H30N2/c1-4-13(15)7-10-16-11-8-14(5-2,6-3)9-12-16/h13H,4-12,15H2,1-3H3. The Bertz CT molecular complexity index is 177. The molecule has 1 fully saturated rings. The van der Waals surface area contributed by atoms with Crippen LogP contribution < -0.4 is 5.73 Å².